The summed E-state index contributed by atoms with van der Waals surface area (Å²) in [5.41, 5.74) is 0. The first kappa shape index (κ1) is 10.6. The quantitative estimate of drug-likeness (QED) is 0.815. The Labute approximate surface area is 91.1 Å². The molecule has 4 heteroatoms. The highest BCUT2D eigenvalue weighted by atomic mass is 15.3. The van der Waals surface area contributed by atoms with E-state index in [4.69, 9.17) is 0 Å². The first-order chi connectivity index (χ1) is 7.27. The highest BCUT2D eigenvalue weighted by Gasteiger charge is 2.21. The molecule has 2 rings (SSSR count). The summed E-state index contributed by atoms with van der Waals surface area (Å²) in [6.45, 7) is 3.11. The van der Waals surface area contributed by atoms with Crippen molar-refractivity contribution in [2.75, 3.05) is 0 Å². The summed E-state index contributed by atoms with van der Waals surface area (Å²) in [5, 5.41) is 7.60. The molecule has 0 bridgehead atoms. The Morgan fingerprint density at radius 2 is 2.27 bits per heavy atom. The van der Waals surface area contributed by atoms with Crippen LogP contribution < -0.4 is 5.32 Å². The first-order valence-corrected chi connectivity index (χ1v) is 5.83. The molecule has 0 saturated heterocycles. The fourth-order valence-electron chi connectivity index (χ4n) is 2.36. The number of nitrogens with one attached hydrogen (secondary N) is 1. The van der Waals surface area contributed by atoms with E-state index >= 15 is 0 Å². The van der Waals surface area contributed by atoms with Crippen molar-refractivity contribution in [1.82, 2.24) is 20.1 Å². The molecule has 0 aliphatic heterocycles. The second-order valence-corrected chi connectivity index (χ2v) is 4.51. The lowest BCUT2D eigenvalue weighted by Gasteiger charge is -2.19. The molecule has 1 aliphatic rings. The molecular weight excluding hydrogens is 188 g/mol. The van der Waals surface area contributed by atoms with Gasteiger partial charge in [0.05, 0.1) is 6.54 Å². The van der Waals surface area contributed by atoms with Crippen LogP contribution in [0.25, 0.3) is 0 Å². The van der Waals surface area contributed by atoms with Crippen LogP contribution in [0.1, 0.15) is 38.4 Å². The highest BCUT2D eigenvalue weighted by Crippen LogP contribution is 2.27. The van der Waals surface area contributed by atoms with Crippen molar-refractivity contribution in [2.24, 2.45) is 13.0 Å². The average molecular weight is 208 g/mol. The highest BCUT2D eigenvalue weighted by molar-refractivity contribution is 4.85. The van der Waals surface area contributed by atoms with Gasteiger partial charge in [0.2, 0.25) is 0 Å². The van der Waals surface area contributed by atoms with Gasteiger partial charge in [0.1, 0.15) is 12.2 Å². The van der Waals surface area contributed by atoms with Gasteiger partial charge in [-0.25, -0.2) is 4.98 Å². The third kappa shape index (κ3) is 2.56. The maximum absolute atomic E-state index is 4.20. The van der Waals surface area contributed by atoms with Gasteiger partial charge in [0.25, 0.3) is 0 Å². The van der Waals surface area contributed by atoms with E-state index in [0.717, 1.165) is 18.3 Å². The van der Waals surface area contributed by atoms with Crippen LogP contribution in [0.15, 0.2) is 6.33 Å². The molecule has 1 N–H and O–H groups in total. The van der Waals surface area contributed by atoms with Crippen LogP contribution in [-0.4, -0.2) is 20.8 Å². The van der Waals surface area contributed by atoms with Crippen molar-refractivity contribution in [3.63, 3.8) is 0 Å². The van der Waals surface area contributed by atoms with Gasteiger partial charge in [0.15, 0.2) is 0 Å². The Kier molecular flexibility index (Phi) is 3.36. The molecule has 1 aromatic rings. The van der Waals surface area contributed by atoms with Crippen LogP contribution in [0.4, 0.5) is 0 Å². The minimum absolute atomic E-state index is 0.601. The molecule has 0 spiro atoms. The topological polar surface area (TPSA) is 42.7 Å². The van der Waals surface area contributed by atoms with Crippen LogP contribution in [-0.2, 0) is 13.6 Å². The predicted molar refractivity (Wildman–Crippen MR) is 59.3 cm³/mol. The molecule has 15 heavy (non-hydrogen) atoms. The van der Waals surface area contributed by atoms with E-state index in [2.05, 4.69) is 22.3 Å². The van der Waals surface area contributed by atoms with Crippen molar-refractivity contribution in [2.45, 2.75) is 45.2 Å². The lowest BCUT2D eigenvalue weighted by Crippen LogP contribution is -2.32. The van der Waals surface area contributed by atoms with Crippen LogP contribution in [0.2, 0.25) is 0 Å². The zero-order valence-electron chi connectivity index (χ0n) is 9.61. The van der Waals surface area contributed by atoms with Gasteiger partial charge >= 0.3 is 0 Å². The summed E-state index contributed by atoms with van der Waals surface area (Å²) in [7, 11) is 1.93. The zero-order chi connectivity index (χ0) is 10.7. The fourth-order valence-corrected chi connectivity index (χ4v) is 2.36. The molecule has 0 radical (unpaired) electrons. The van der Waals surface area contributed by atoms with E-state index in [-0.39, 0.29) is 0 Å². The molecule has 1 aliphatic carbocycles. The number of nitrogens with zero attached hydrogens (tertiary/aromatic N) is 3. The summed E-state index contributed by atoms with van der Waals surface area (Å²) in [5.74, 6) is 1.87. The molecule has 0 aromatic carbocycles. The molecule has 0 unspecified atom stereocenters. The molecule has 1 saturated carbocycles. The zero-order valence-corrected chi connectivity index (χ0v) is 9.61. The molecular formula is C11H20N4. The summed E-state index contributed by atoms with van der Waals surface area (Å²) < 4.78 is 1.83. The van der Waals surface area contributed by atoms with Crippen LogP contribution in [0.5, 0.6) is 0 Å². The van der Waals surface area contributed by atoms with Crippen LogP contribution in [0, 0.1) is 5.92 Å². The van der Waals surface area contributed by atoms with E-state index in [1.165, 1.54) is 25.7 Å². The second kappa shape index (κ2) is 4.75. The summed E-state index contributed by atoms with van der Waals surface area (Å²) in [6.07, 6.45) is 7.18. The second-order valence-electron chi connectivity index (χ2n) is 4.51. The van der Waals surface area contributed by atoms with Gasteiger partial charge in [-0.15, -0.1) is 0 Å². The average Bonchev–Trinajstić information content (AvgIpc) is 2.85. The number of rotatable bonds is 4. The lowest BCUT2D eigenvalue weighted by atomic mass is 10.00. The van der Waals surface area contributed by atoms with E-state index in [1.807, 2.05) is 11.7 Å². The van der Waals surface area contributed by atoms with Gasteiger partial charge < -0.3 is 5.32 Å². The van der Waals surface area contributed by atoms with Crippen molar-refractivity contribution < 1.29 is 0 Å². The third-order valence-electron chi connectivity index (χ3n) is 3.49. The third-order valence-corrected chi connectivity index (χ3v) is 3.49. The van der Waals surface area contributed by atoms with Gasteiger partial charge in [-0.1, -0.05) is 12.8 Å². The van der Waals surface area contributed by atoms with Gasteiger partial charge in [-0.05, 0) is 25.7 Å². The normalized spacial score (nSPS) is 19.6. The van der Waals surface area contributed by atoms with Gasteiger partial charge in [0, 0.05) is 13.1 Å². The number of hydrogen-bond acceptors (Lipinski definition) is 3. The van der Waals surface area contributed by atoms with Crippen LogP contribution in [0.3, 0.4) is 0 Å². The number of aromatic nitrogens is 3. The van der Waals surface area contributed by atoms with E-state index in [0.29, 0.717) is 6.04 Å². The number of aryl methyl sites for hydroxylation is 1. The molecule has 1 heterocycles. The Bertz CT molecular complexity index is 301. The molecule has 84 valence electrons. The molecule has 4 nitrogen and oxygen atoms in total. The largest absolute Gasteiger partial charge is 0.307 e. The van der Waals surface area contributed by atoms with E-state index < -0.39 is 0 Å². The Hall–Kier alpha value is -0.900. The van der Waals surface area contributed by atoms with Gasteiger partial charge in [-0.2, -0.15) is 5.10 Å². The maximum Gasteiger partial charge on any atom is 0.140 e. The Morgan fingerprint density at radius 3 is 2.87 bits per heavy atom. The van der Waals surface area contributed by atoms with E-state index in [1.54, 1.807) is 6.33 Å². The van der Waals surface area contributed by atoms with Gasteiger partial charge in [-0.3, -0.25) is 4.68 Å². The lowest BCUT2D eigenvalue weighted by molar-refractivity contribution is 0.374. The summed E-state index contributed by atoms with van der Waals surface area (Å²) in [6, 6.07) is 0.601. The first-order valence-electron chi connectivity index (χ1n) is 5.83. The van der Waals surface area contributed by atoms with E-state index in [9.17, 15) is 0 Å². The minimum Gasteiger partial charge on any atom is -0.307 e. The van der Waals surface area contributed by atoms with Crippen molar-refractivity contribution >= 4 is 0 Å². The molecule has 1 fully saturated rings. The monoisotopic (exact) mass is 208 g/mol. The molecule has 0 amide bonds. The maximum atomic E-state index is 4.20. The SMILES string of the molecule is C[C@H](NCc1ncnn1C)C1CCCC1. The standard InChI is InChI=1S/C11H20N4/c1-9(10-5-3-4-6-10)12-7-11-13-8-14-15(11)2/h8-10,12H,3-7H2,1-2H3/t9-/m0/s1. The molecule has 1 aromatic heterocycles. The predicted octanol–water partition coefficient (Wildman–Crippen LogP) is 1.48. The Balaban J connectivity index is 1.80. The summed E-state index contributed by atoms with van der Waals surface area (Å²) >= 11 is 0. The smallest absolute Gasteiger partial charge is 0.140 e. The van der Waals surface area contributed by atoms with Crippen molar-refractivity contribution in [3.05, 3.63) is 12.2 Å². The van der Waals surface area contributed by atoms with Crippen LogP contribution >= 0.6 is 0 Å². The molecule has 1 atom stereocenters. The number of hydrogen-bond donors (Lipinski definition) is 1. The van der Waals surface area contributed by atoms with Crippen molar-refractivity contribution in [1.29, 1.82) is 0 Å². The minimum atomic E-state index is 0.601. The summed E-state index contributed by atoms with van der Waals surface area (Å²) in [4.78, 5) is 4.20. The van der Waals surface area contributed by atoms with Crippen molar-refractivity contribution in [3.8, 4) is 0 Å². The fraction of sp³-hybridized carbons (Fsp3) is 0.818. The Morgan fingerprint density at radius 1 is 1.53 bits per heavy atom.